The van der Waals surface area contributed by atoms with Gasteiger partial charge in [-0.1, -0.05) is 13.3 Å². The van der Waals surface area contributed by atoms with Crippen LogP contribution >= 0.6 is 0 Å². The van der Waals surface area contributed by atoms with Crippen molar-refractivity contribution in [1.82, 2.24) is 4.57 Å². The standard InChI is InChI=1S/C8H15N2.C5H12O5S/c1-3-4-5-10-7-6-9(2)8-10;1-9-2-3-10-4-5-11(6,7)8/h6-8H,3-5H2,1-2H3;2-5H2,1H3,(H,6,7,8)/q+1;/p-1. The van der Waals surface area contributed by atoms with E-state index in [1.165, 1.54) is 20.0 Å². The van der Waals surface area contributed by atoms with Crippen molar-refractivity contribution in [2.75, 3.05) is 32.7 Å². The molecule has 7 nitrogen and oxygen atoms in total. The fourth-order valence-corrected chi connectivity index (χ4v) is 1.70. The van der Waals surface area contributed by atoms with E-state index in [4.69, 9.17) is 4.74 Å². The lowest BCUT2D eigenvalue weighted by Gasteiger charge is -2.06. The highest BCUT2D eigenvalue weighted by Crippen LogP contribution is 1.91. The van der Waals surface area contributed by atoms with Crippen molar-refractivity contribution < 1.29 is 27.0 Å². The number of nitrogens with zero attached hydrogens (tertiary/aromatic N) is 2. The lowest BCUT2D eigenvalue weighted by atomic mass is 10.3. The molecule has 0 amide bonds. The lowest BCUT2D eigenvalue weighted by Crippen LogP contribution is -2.23. The van der Waals surface area contributed by atoms with Gasteiger partial charge in [0.05, 0.1) is 49.3 Å². The Labute approximate surface area is 127 Å². The van der Waals surface area contributed by atoms with Gasteiger partial charge < -0.3 is 14.0 Å². The second kappa shape index (κ2) is 11.7. The number of hydrogen-bond donors (Lipinski definition) is 0. The van der Waals surface area contributed by atoms with Gasteiger partial charge >= 0.3 is 0 Å². The van der Waals surface area contributed by atoms with Crippen molar-refractivity contribution in [2.45, 2.75) is 26.3 Å². The molecule has 0 aliphatic carbocycles. The quantitative estimate of drug-likeness (QED) is 0.371. The van der Waals surface area contributed by atoms with Crippen LogP contribution in [0.25, 0.3) is 0 Å². The number of hydrogen-bond acceptors (Lipinski definition) is 5. The van der Waals surface area contributed by atoms with E-state index >= 15 is 0 Å². The Hall–Kier alpha value is -0.960. The number of imidazole rings is 1. The summed E-state index contributed by atoms with van der Waals surface area (Å²) in [5, 5.41) is 0. The van der Waals surface area contributed by atoms with Crippen molar-refractivity contribution in [3.8, 4) is 0 Å². The number of aromatic nitrogens is 2. The highest BCUT2D eigenvalue weighted by Gasteiger charge is 1.96. The zero-order chi connectivity index (χ0) is 16.1. The van der Waals surface area contributed by atoms with Gasteiger partial charge in [-0.15, -0.1) is 0 Å². The number of unbranched alkanes of at least 4 members (excludes halogenated alkanes) is 1. The molecule has 0 bridgehead atoms. The molecule has 0 N–H and O–H groups in total. The molecule has 0 fully saturated rings. The molecule has 0 radical (unpaired) electrons. The maximum atomic E-state index is 10.00. The molecule has 8 heteroatoms. The summed E-state index contributed by atoms with van der Waals surface area (Å²) in [5.74, 6) is -0.475. The highest BCUT2D eigenvalue weighted by molar-refractivity contribution is 7.85. The van der Waals surface area contributed by atoms with Crippen LogP contribution in [-0.2, 0) is 33.2 Å². The number of aryl methyl sites for hydroxylation is 2. The third-order valence-corrected chi connectivity index (χ3v) is 3.17. The van der Waals surface area contributed by atoms with Crippen molar-refractivity contribution in [2.24, 2.45) is 7.05 Å². The third-order valence-electron chi connectivity index (χ3n) is 2.50. The van der Waals surface area contributed by atoms with Gasteiger partial charge in [-0.2, -0.15) is 0 Å². The van der Waals surface area contributed by atoms with Crippen LogP contribution in [0.5, 0.6) is 0 Å². The minimum atomic E-state index is -4.13. The predicted octanol–water partition coefficient (Wildman–Crippen LogP) is 0.307. The Bertz CT molecular complexity index is 459. The van der Waals surface area contributed by atoms with Crippen LogP contribution in [0.3, 0.4) is 0 Å². The molecule has 1 heterocycles. The van der Waals surface area contributed by atoms with Crippen molar-refractivity contribution in [3.63, 3.8) is 0 Å². The van der Waals surface area contributed by atoms with Crippen LogP contribution in [0.15, 0.2) is 18.7 Å². The van der Waals surface area contributed by atoms with E-state index in [0.717, 1.165) is 6.54 Å². The van der Waals surface area contributed by atoms with Crippen LogP contribution < -0.4 is 4.57 Å². The molecule has 1 rings (SSSR count). The molecule has 0 saturated carbocycles. The van der Waals surface area contributed by atoms with Crippen molar-refractivity contribution in [1.29, 1.82) is 0 Å². The second-order valence-corrected chi connectivity index (χ2v) is 6.06. The molecule has 1 aromatic heterocycles. The molecule has 0 atom stereocenters. The minimum Gasteiger partial charge on any atom is -0.748 e. The van der Waals surface area contributed by atoms with E-state index in [0.29, 0.717) is 13.2 Å². The monoisotopic (exact) mass is 322 g/mol. The Morgan fingerprint density at radius 2 is 2.00 bits per heavy atom. The Kier molecular flexibility index (Phi) is 11.1. The number of ether oxygens (including phenoxy) is 2. The molecule has 0 saturated heterocycles. The predicted molar refractivity (Wildman–Crippen MR) is 77.8 cm³/mol. The van der Waals surface area contributed by atoms with Gasteiger partial charge in [-0.3, -0.25) is 0 Å². The molecule has 0 aliphatic heterocycles. The van der Waals surface area contributed by atoms with Crippen LogP contribution in [-0.4, -0.2) is 50.2 Å². The van der Waals surface area contributed by atoms with Gasteiger partial charge in [-0.25, -0.2) is 17.6 Å². The number of methoxy groups -OCH3 is 1. The van der Waals surface area contributed by atoms with Crippen LogP contribution in [0.4, 0.5) is 0 Å². The summed E-state index contributed by atoms with van der Waals surface area (Å²) in [6.07, 6.45) is 8.82. The largest absolute Gasteiger partial charge is 0.748 e. The molecular weight excluding hydrogens is 296 g/mol. The summed E-state index contributed by atoms with van der Waals surface area (Å²) in [5.41, 5.74) is 0. The first-order valence-corrected chi connectivity index (χ1v) is 8.48. The molecule has 0 aliphatic rings. The molecule has 0 unspecified atom stereocenters. The molecule has 124 valence electrons. The summed E-state index contributed by atoms with van der Waals surface area (Å²) in [6.45, 7) is 4.01. The summed E-state index contributed by atoms with van der Waals surface area (Å²) in [6, 6.07) is 0. The van der Waals surface area contributed by atoms with E-state index in [1.54, 1.807) is 0 Å². The smallest absolute Gasteiger partial charge is 0.243 e. The van der Waals surface area contributed by atoms with Gasteiger partial charge in [0, 0.05) is 7.11 Å². The van der Waals surface area contributed by atoms with Gasteiger partial charge in [-0.05, 0) is 6.42 Å². The fourth-order valence-electron chi connectivity index (χ4n) is 1.38. The van der Waals surface area contributed by atoms with Gasteiger partial charge in [0.15, 0.2) is 0 Å². The molecule has 21 heavy (non-hydrogen) atoms. The average molecular weight is 322 g/mol. The zero-order valence-corrected chi connectivity index (χ0v) is 13.8. The van der Waals surface area contributed by atoms with E-state index in [2.05, 4.69) is 39.5 Å². The second-order valence-electron chi connectivity index (χ2n) is 4.54. The fraction of sp³-hybridized carbons (Fsp3) is 0.769. The third kappa shape index (κ3) is 13.8. The maximum absolute atomic E-state index is 10.00. The zero-order valence-electron chi connectivity index (χ0n) is 13.0. The first-order chi connectivity index (χ1) is 9.89. The first kappa shape index (κ1) is 20.0. The van der Waals surface area contributed by atoms with E-state index in [-0.39, 0.29) is 6.61 Å². The van der Waals surface area contributed by atoms with Crippen molar-refractivity contribution >= 4 is 10.1 Å². The topological polar surface area (TPSA) is 84.5 Å². The molecule has 1 aromatic rings. The summed E-state index contributed by atoms with van der Waals surface area (Å²) >= 11 is 0. The van der Waals surface area contributed by atoms with Gasteiger partial charge in [0.2, 0.25) is 6.33 Å². The Morgan fingerprint density at radius 1 is 1.29 bits per heavy atom. The van der Waals surface area contributed by atoms with Gasteiger partial charge in [0.1, 0.15) is 12.4 Å². The van der Waals surface area contributed by atoms with Crippen LogP contribution in [0.1, 0.15) is 19.8 Å². The minimum absolute atomic E-state index is 0.0603. The summed E-state index contributed by atoms with van der Waals surface area (Å²) < 4.78 is 43.6. The Morgan fingerprint density at radius 3 is 2.48 bits per heavy atom. The summed E-state index contributed by atoms with van der Waals surface area (Å²) in [4.78, 5) is 0. The number of rotatable bonds is 9. The average Bonchev–Trinajstić information content (AvgIpc) is 2.81. The first-order valence-electron chi connectivity index (χ1n) is 6.90. The Balaban J connectivity index is 0.000000382. The molecular formula is C13H26N2O5S. The van der Waals surface area contributed by atoms with Crippen molar-refractivity contribution in [3.05, 3.63) is 18.7 Å². The molecule has 0 spiro atoms. The van der Waals surface area contributed by atoms with E-state index < -0.39 is 15.9 Å². The maximum Gasteiger partial charge on any atom is 0.243 e. The summed E-state index contributed by atoms with van der Waals surface area (Å²) in [7, 11) is -0.575. The SMILES string of the molecule is CCCCn1cc[n+](C)c1.COCCOCCS(=O)(=O)[O-]. The lowest BCUT2D eigenvalue weighted by molar-refractivity contribution is -0.671. The highest BCUT2D eigenvalue weighted by atomic mass is 32.2. The van der Waals surface area contributed by atoms with E-state index in [1.807, 2.05) is 7.05 Å². The van der Waals surface area contributed by atoms with Gasteiger partial charge in [0.25, 0.3) is 0 Å². The van der Waals surface area contributed by atoms with Crippen LogP contribution in [0, 0.1) is 0 Å². The normalized spacial score (nSPS) is 11.0. The molecule has 0 aromatic carbocycles. The van der Waals surface area contributed by atoms with Crippen LogP contribution in [0.2, 0.25) is 0 Å². The van der Waals surface area contributed by atoms with E-state index in [9.17, 15) is 13.0 Å².